The maximum Gasteiger partial charge on any atom is 0.245 e. The molecule has 0 spiro atoms. The molecule has 2 N–H and O–H groups in total. The van der Waals surface area contributed by atoms with Crippen molar-refractivity contribution in [2.45, 2.75) is 17.6 Å². The van der Waals surface area contributed by atoms with Crippen LogP contribution < -0.4 is 15.4 Å². The van der Waals surface area contributed by atoms with E-state index in [2.05, 4.69) is 10.6 Å². The monoisotopic (exact) mass is 348 g/mol. The smallest absolute Gasteiger partial charge is 0.245 e. The molecule has 22 heavy (non-hydrogen) atoms. The standard InChI is InChI=1S/C14H20N2O4S.ClH/c1-20-12-5-3-4-11(10-12)16-13(17)14(21(2,18)19)6-8-15-9-7-14;/h3-5,10,15H,6-9H2,1-2H3,(H,16,17);1H. The zero-order chi connectivity index (χ0) is 15.5. The molecule has 0 radical (unpaired) electrons. The Morgan fingerprint density at radius 3 is 2.50 bits per heavy atom. The summed E-state index contributed by atoms with van der Waals surface area (Å²) in [4.78, 5) is 12.6. The van der Waals surface area contributed by atoms with Crippen molar-refractivity contribution in [3.63, 3.8) is 0 Å². The normalized spacial score (nSPS) is 17.2. The van der Waals surface area contributed by atoms with E-state index in [0.717, 1.165) is 6.26 Å². The van der Waals surface area contributed by atoms with Gasteiger partial charge in [-0.05, 0) is 38.1 Å². The second-order valence-corrected chi connectivity index (χ2v) is 7.53. The Bertz CT molecular complexity index is 627. The molecular weight excluding hydrogens is 328 g/mol. The van der Waals surface area contributed by atoms with Gasteiger partial charge in [-0.3, -0.25) is 4.79 Å². The molecule has 1 heterocycles. The third-order valence-corrected chi connectivity index (χ3v) is 5.88. The molecular formula is C14H21ClN2O4S. The van der Waals surface area contributed by atoms with E-state index in [9.17, 15) is 13.2 Å². The Morgan fingerprint density at radius 2 is 1.95 bits per heavy atom. The van der Waals surface area contributed by atoms with E-state index >= 15 is 0 Å². The molecule has 8 heteroatoms. The van der Waals surface area contributed by atoms with Crippen molar-refractivity contribution < 1.29 is 17.9 Å². The highest BCUT2D eigenvalue weighted by Gasteiger charge is 2.48. The maximum absolute atomic E-state index is 12.6. The van der Waals surface area contributed by atoms with Gasteiger partial charge < -0.3 is 15.4 Å². The number of amides is 1. The van der Waals surface area contributed by atoms with Crippen molar-refractivity contribution in [1.29, 1.82) is 0 Å². The zero-order valence-corrected chi connectivity index (χ0v) is 14.2. The Morgan fingerprint density at radius 1 is 1.32 bits per heavy atom. The molecule has 1 aliphatic rings. The number of rotatable bonds is 4. The highest BCUT2D eigenvalue weighted by molar-refractivity contribution is 7.92. The van der Waals surface area contributed by atoms with Crippen LogP contribution in [0.4, 0.5) is 5.69 Å². The van der Waals surface area contributed by atoms with Crippen LogP contribution in [0.15, 0.2) is 24.3 Å². The minimum absolute atomic E-state index is 0. The van der Waals surface area contributed by atoms with Crippen LogP contribution in [-0.4, -0.2) is 45.5 Å². The summed E-state index contributed by atoms with van der Waals surface area (Å²) in [5.41, 5.74) is 0.529. The number of methoxy groups -OCH3 is 1. The summed E-state index contributed by atoms with van der Waals surface area (Å²) in [6.07, 6.45) is 1.69. The van der Waals surface area contributed by atoms with E-state index in [4.69, 9.17) is 4.74 Å². The Hall–Kier alpha value is -1.31. The average molecular weight is 349 g/mol. The summed E-state index contributed by atoms with van der Waals surface area (Å²) in [5.74, 6) is 0.131. The quantitative estimate of drug-likeness (QED) is 0.854. The van der Waals surface area contributed by atoms with Gasteiger partial charge in [0, 0.05) is 18.0 Å². The van der Waals surface area contributed by atoms with Crippen LogP contribution in [0.25, 0.3) is 0 Å². The number of sulfone groups is 1. The van der Waals surface area contributed by atoms with Crippen molar-refractivity contribution in [3.8, 4) is 5.75 Å². The van der Waals surface area contributed by atoms with Crippen LogP contribution >= 0.6 is 12.4 Å². The van der Waals surface area contributed by atoms with Crippen LogP contribution in [0, 0.1) is 0 Å². The van der Waals surface area contributed by atoms with E-state index in [0.29, 0.717) is 24.5 Å². The van der Waals surface area contributed by atoms with Crippen molar-refractivity contribution in [2.75, 3.05) is 31.8 Å². The third-order valence-electron chi connectivity index (χ3n) is 3.86. The number of halogens is 1. The van der Waals surface area contributed by atoms with Crippen molar-refractivity contribution in [1.82, 2.24) is 5.32 Å². The van der Waals surface area contributed by atoms with Crippen LogP contribution in [0.3, 0.4) is 0 Å². The van der Waals surface area contributed by atoms with Crippen LogP contribution in [0.5, 0.6) is 5.75 Å². The number of ether oxygens (including phenoxy) is 1. The fourth-order valence-corrected chi connectivity index (χ4v) is 3.88. The Kier molecular flexibility index (Phi) is 6.22. The maximum atomic E-state index is 12.6. The molecule has 0 aromatic heterocycles. The predicted octanol–water partition coefficient (Wildman–Crippen LogP) is 1.22. The molecule has 1 amide bonds. The first-order valence-corrected chi connectivity index (χ1v) is 8.64. The molecule has 0 atom stereocenters. The van der Waals surface area contributed by atoms with Gasteiger partial charge in [0.05, 0.1) is 7.11 Å². The summed E-state index contributed by atoms with van der Waals surface area (Å²) in [7, 11) is -1.97. The van der Waals surface area contributed by atoms with E-state index in [1.54, 1.807) is 24.3 Å². The molecule has 0 unspecified atom stereocenters. The van der Waals surface area contributed by atoms with Gasteiger partial charge in [-0.15, -0.1) is 12.4 Å². The van der Waals surface area contributed by atoms with E-state index in [-0.39, 0.29) is 25.2 Å². The lowest BCUT2D eigenvalue weighted by Gasteiger charge is -2.34. The van der Waals surface area contributed by atoms with Gasteiger partial charge in [0.1, 0.15) is 5.75 Å². The van der Waals surface area contributed by atoms with Gasteiger partial charge in [-0.2, -0.15) is 0 Å². The number of hydrogen-bond donors (Lipinski definition) is 2. The van der Waals surface area contributed by atoms with Gasteiger partial charge in [0.25, 0.3) is 0 Å². The largest absolute Gasteiger partial charge is 0.497 e. The lowest BCUT2D eigenvalue weighted by Crippen LogP contribution is -2.55. The van der Waals surface area contributed by atoms with E-state index in [1.807, 2.05) is 0 Å². The van der Waals surface area contributed by atoms with Crippen LogP contribution in [0.2, 0.25) is 0 Å². The first-order valence-electron chi connectivity index (χ1n) is 6.75. The summed E-state index contributed by atoms with van der Waals surface area (Å²) >= 11 is 0. The van der Waals surface area contributed by atoms with Gasteiger partial charge in [-0.25, -0.2) is 8.42 Å². The lowest BCUT2D eigenvalue weighted by atomic mass is 9.95. The minimum Gasteiger partial charge on any atom is -0.497 e. The molecule has 0 saturated carbocycles. The fourth-order valence-electron chi connectivity index (χ4n) is 2.54. The molecule has 1 aromatic carbocycles. The molecule has 2 rings (SSSR count). The van der Waals surface area contributed by atoms with Crippen molar-refractivity contribution >= 4 is 33.8 Å². The number of nitrogens with one attached hydrogen (secondary N) is 2. The second-order valence-electron chi connectivity index (χ2n) is 5.20. The molecule has 1 aromatic rings. The van der Waals surface area contributed by atoms with Crippen molar-refractivity contribution in [3.05, 3.63) is 24.3 Å². The first kappa shape index (κ1) is 18.7. The Balaban J connectivity index is 0.00000242. The number of carbonyl (C=O) groups is 1. The topological polar surface area (TPSA) is 84.5 Å². The second kappa shape index (κ2) is 7.30. The molecule has 1 fully saturated rings. The summed E-state index contributed by atoms with van der Waals surface area (Å²) in [5, 5.41) is 5.79. The van der Waals surface area contributed by atoms with Gasteiger partial charge in [-0.1, -0.05) is 6.07 Å². The highest BCUT2D eigenvalue weighted by Crippen LogP contribution is 2.30. The average Bonchev–Trinajstić information content (AvgIpc) is 2.47. The number of carbonyl (C=O) groups excluding carboxylic acids is 1. The number of benzene rings is 1. The third kappa shape index (κ3) is 3.71. The molecule has 6 nitrogen and oxygen atoms in total. The number of hydrogen-bond acceptors (Lipinski definition) is 5. The van der Waals surface area contributed by atoms with Crippen LogP contribution in [0.1, 0.15) is 12.8 Å². The van der Waals surface area contributed by atoms with E-state index in [1.165, 1.54) is 7.11 Å². The highest BCUT2D eigenvalue weighted by atomic mass is 35.5. The zero-order valence-electron chi connectivity index (χ0n) is 12.6. The first-order chi connectivity index (χ1) is 9.89. The van der Waals surface area contributed by atoms with Gasteiger partial charge in [0.15, 0.2) is 14.6 Å². The van der Waals surface area contributed by atoms with Crippen molar-refractivity contribution in [2.24, 2.45) is 0 Å². The predicted molar refractivity (Wildman–Crippen MR) is 88.6 cm³/mol. The van der Waals surface area contributed by atoms with Gasteiger partial charge in [0.2, 0.25) is 5.91 Å². The molecule has 1 saturated heterocycles. The minimum atomic E-state index is -3.51. The SMILES string of the molecule is COc1cccc(NC(=O)C2(S(C)(=O)=O)CCNCC2)c1.Cl. The summed E-state index contributed by atoms with van der Waals surface area (Å²) < 4.78 is 28.0. The molecule has 0 aliphatic carbocycles. The number of anilines is 1. The summed E-state index contributed by atoms with van der Waals surface area (Å²) in [6, 6.07) is 6.86. The molecule has 124 valence electrons. The Labute approximate surface area is 136 Å². The molecule has 1 aliphatic heterocycles. The lowest BCUT2D eigenvalue weighted by molar-refractivity contribution is -0.119. The number of piperidine rings is 1. The van der Waals surface area contributed by atoms with E-state index < -0.39 is 20.5 Å². The molecule has 0 bridgehead atoms. The summed E-state index contributed by atoms with van der Waals surface area (Å²) in [6.45, 7) is 1.03. The van der Waals surface area contributed by atoms with Crippen LogP contribution in [-0.2, 0) is 14.6 Å². The fraction of sp³-hybridized carbons (Fsp3) is 0.500. The van der Waals surface area contributed by atoms with Gasteiger partial charge >= 0.3 is 0 Å².